The molecule has 1 aliphatic rings. The van der Waals surface area contributed by atoms with Gasteiger partial charge in [-0.1, -0.05) is 12.1 Å². The molecule has 3 rings (SSSR count). The monoisotopic (exact) mass is 367 g/mol. The molecule has 1 amide bonds. The molecule has 0 bridgehead atoms. The molecule has 4 N–H and O–H groups in total. The summed E-state index contributed by atoms with van der Waals surface area (Å²) in [5.74, 6) is 0.256. The zero-order valence-electron chi connectivity index (χ0n) is 15.0. The standard InChI is InChI=1S/C20H21N3O4/c1-26-18(24)9-12-8-15-10-16(6-7-17(15)27-11-12)23-20(25)14-4-2-13(3-5-14)19(21)22/h2-7,10,12H,8-9,11H2,1H3,(H3,21,22)(H,23,25). The van der Waals surface area contributed by atoms with Gasteiger partial charge in [0.2, 0.25) is 0 Å². The zero-order valence-corrected chi connectivity index (χ0v) is 15.0. The number of fused-ring (bicyclic) bond motifs is 1. The van der Waals surface area contributed by atoms with Crippen LogP contribution in [0, 0.1) is 11.3 Å². The highest BCUT2D eigenvalue weighted by atomic mass is 16.5. The first-order chi connectivity index (χ1) is 13.0. The van der Waals surface area contributed by atoms with E-state index in [2.05, 4.69) is 5.32 Å². The predicted octanol–water partition coefficient (Wildman–Crippen LogP) is 2.34. The van der Waals surface area contributed by atoms with Crippen LogP contribution in [-0.2, 0) is 16.0 Å². The Morgan fingerprint density at radius 1 is 1.22 bits per heavy atom. The van der Waals surface area contributed by atoms with E-state index in [1.165, 1.54) is 7.11 Å². The summed E-state index contributed by atoms with van der Waals surface area (Å²) >= 11 is 0. The molecule has 1 unspecified atom stereocenters. The van der Waals surface area contributed by atoms with Crippen LogP contribution in [-0.4, -0.2) is 31.4 Å². The molecule has 1 aliphatic heterocycles. The summed E-state index contributed by atoms with van der Waals surface area (Å²) in [6.07, 6.45) is 0.983. The summed E-state index contributed by atoms with van der Waals surface area (Å²) in [4.78, 5) is 23.9. The number of nitrogens with two attached hydrogens (primary N) is 1. The first-order valence-electron chi connectivity index (χ1n) is 8.54. The first-order valence-corrected chi connectivity index (χ1v) is 8.54. The van der Waals surface area contributed by atoms with E-state index >= 15 is 0 Å². The molecule has 0 spiro atoms. The van der Waals surface area contributed by atoms with Crippen molar-refractivity contribution >= 4 is 23.4 Å². The third kappa shape index (κ3) is 4.44. The maximum Gasteiger partial charge on any atom is 0.305 e. The Bertz CT molecular complexity index is 877. The van der Waals surface area contributed by atoms with E-state index in [9.17, 15) is 9.59 Å². The quantitative estimate of drug-likeness (QED) is 0.426. The van der Waals surface area contributed by atoms with Crippen molar-refractivity contribution in [3.8, 4) is 5.75 Å². The highest BCUT2D eigenvalue weighted by Gasteiger charge is 2.23. The summed E-state index contributed by atoms with van der Waals surface area (Å²) in [5, 5.41) is 10.2. The van der Waals surface area contributed by atoms with Gasteiger partial charge >= 0.3 is 5.97 Å². The van der Waals surface area contributed by atoms with Gasteiger partial charge in [-0.15, -0.1) is 0 Å². The number of carbonyl (C=O) groups is 2. The number of amides is 1. The Hall–Kier alpha value is -3.35. The molecule has 0 aromatic heterocycles. The molecule has 7 heteroatoms. The fourth-order valence-corrected chi connectivity index (χ4v) is 2.99. The summed E-state index contributed by atoms with van der Waals surface area (Å²) in [7, 11) is 1.37. The Kier molecular flexibility index (Phi) is 5.40. The van der Waals surface area contributed by atoms with Crippen LogP contribution in [0.5, 0.6) is 5.75 Å². The van der Waals surface area contributed by atoms with Crippen molar-refractivity contribution in [2.24, 2.45) is 11.7 Å². The number of esters is 1. The summed E-state index contributed by atoms with van der Waals surface area (Å²) in [6, 6.07) is 12.0. The molecule has 2 aromatic carbocycles. The van der Waals surface area contributed by atoms with Crippen molar-refractivity contribution in [2.75, 3.05) is 19.0 Å². The maximum absolute atomic E-state index is 12.4. The molecule has 1 atom stereocenters. The van der Waals surface area contributed by atoms with Gasteiger partial charge in [-0.25, -0.2) is 0 Å². The van der Waals surface area contributed by atoms with E-state index in [-0.39, 0.29) is 23.6 Å². The average molecular weight is 367 g/mol. The number of carbonyl (C=O) groups excluding carboxylic acids is 2. The van der Waals surface area contributed by atoms with E-state index in [4.69, 9.17) is 20.6 Å². The minimum absolute atomic E-state index is 0.0434. The maximum atomic E-state index is 12.4. The fraction of sp³-hybridized carbons (Fsp3) is 0.250. The predicted molar refractivity (Wildman–Crippen MR) is 101 cm³/mol. The van der Waals surface area contributed by atoms with Gasteiger partial charge in [-0.05, 0) is 42.3 Å². The fourth-order valence-electron chi connectivity index (χ4n) is 2.99. The van der Waals surface area contributed by atoms with Crippen molar-refractivity contribution in [3.63, 3.8) is 0 Å². The Balaban J connectivity index is 1.69. The largest absolute Gasteiger partial charge is 0.493 e. The SMILES string of the molecule is COC(=O)CC1COc2ccc(NC(=O)c3ccc(C(=N)N)cc3)cc2C1. The van der Waals surface area contributed by atoms with Crippen molar-refractivity contribution in [2.45, 2.75) is 12.8 Å². The van der Waals surface area contributed by atoms with Gasteiger partial charge in [0.05, 0.1) is 20.1 Å². The molecule has 27 heavy (non-hydrogen) atoms. The van der Waals surface area contributed by atoms with E-state index in [1.54, 1.807) is 30.3 Å². The van der Waals surface area contributed by atoms with Crippen LogP contribution >= 0.6 is 0 Å². The lowest BCUT2D eigenvalue weighted by molar-refractivity contribution is -0.142. The van der Waals surface area contributed by atoms with E-state index < -0.39 is 0 Å². The molecule has 7 nitrogen and oxygen atoms in total. The molecule has 1 heterocycles. The highest BCUT2D eigenvalue weighted by molar-refractivity contribution is 6.05. The van der Waals surface area contributed by atoms with Crippen LogP contribution in [0.3, 0.4) is 0 Å². The van der Waals surface area contributed by atoms with Gasteiger partial charge in [0.1, 0.15) is 11.6 Å². The smallest absolute Gasteiger partial charge is 0.305 e. The molecule has 140 valence electrons. The number of rotatable bonds is 5. The number of methoxy groups -OCH3 is 1. The van der Waals surface area contributed by atoms with Gasteiger partial charge in [-0.3, -0.25) is 15.0 Å². The first kappa shape index (κ1) is 18.4. The lowest BCUT2D eigenvalue weighted by atomic mass is 9.94. The normalized spacial score (nSPS) is 15.2. The van der Waals surface area contributed by atoms with Gasteiger partial charge in [0, 0.05) is 22.7 Å². The number of ether oxygens (including phenoxy) is 2. The van der Waals surface area contributed by atoms with Crippen LogP contribution in [0.2, 0.25) is 0 Å². The van der Waals surface area contributed by atoms with E-state index in [0.29, 0.717) is 36.3 Å². The van der Waals surface area contributed by atoms with Crippen LogP contribution in [0.4, 0.5) is 5.69 Å². The molecular weight excluding hydrogens is 346 g/mol. The minimum Gasteiger partial charge on any atom is -0.493 e. The van der Waals surface area contributed by atoms with Crippen LogP contribution in [0.1, 0.15) is 27.9 Å². The minimum atomic E-state index is -0.259. The van der Waals surface area contributed by atoms with E-state index in [1.807, 2.05) is 12.1 Å². The molecule has 0 radical (unpaired) electrons. The molecule has 0 aliphatic carbocycles. The van der Waals surface area contributed by atoms with Crippen LogP contribution in [0.25, 0.3) is 0 Å². The molecule has 0 saturated heterocycles. The van der Waals surface area contributed by atoms with Gasteiger partial charge < -0.3 is 20.5 Å². The lowest BCUT2D eigenvalue weighted by Gasteiger charge is -2.25. The number of nitrogen functional groups attached to an aromatic ring is 1. The van der Waals surface area contributed by atoms with Crippen molar-refractivity contribution < 1.29 is 19.1 Å². The number of amidine groups is 1. The average Bonchev–Trinajstić information content (AvgIpc) is 2.67. The number of hydrogen-bond acceptors (Lipinski definition) is 5. The zero-order chi connectivity index (χ0) is 19.4. The highest BCUT2D eigenvalue weighted by Crippen LogP contribution is 2.31. The summed E-state index contributed by atoms with van der Waals surface area (Å²) < 4.78 is 10.4. The van der Waals surface area contributed by atoms with Gasteiger partial charge in [-0.2, -0.15) is 0 Å². The number of nitrogens with one attached hydrogen (secondary N) is 2. The second kappa shape index (κ2) is 7.90. The summed E-state index contributed by atoms with van der Waals surface area (Å²) in [5.41, 5.74) is 8.05. The van der Waals surface area contributed by atoms with Crippen molar-refractivity contribution in [1.82, 2.24) is 0 Å². The molecular formula is C20H21N3O4. The summed E-state index contributed by atoms with van der Waals surface area (Å²) in [6.45, 7) is 0.469. The molecule has 0 saturated carbocycles. The van der Waals surface area contributed by atoms with Crippen LogP contribution in [0.15, 0.2) is 42.5 Å². The second-order valence-electron chi connectivity index (χ2n) is 6.43. The lowest BCUT2D eigenvalue weighted by Crippen LogP contribution is -2.24. The molecule has 0 fully saturated rings. The second-order valence-corrected chi connectivity index (χ2v) is 6.43. The van der Waals surface area contributed by atoms with Gasteiger partial charge in [0.25, 0.3) is 5.91 Å². The topological polar surface area (TPSA) is 114 Å². The molecule has 2 aromatic rings. The van der Waals surface area contributed by atoms with Crippen molar-refractivity contribution in [3.05, 3.63) is 59.2 Å². The number of hydrogen-bond donors (Lipinski definition) is 3. The Morgan fingerprint density at radius 3 is 2.59 bits per heavy atom. The number of anilines is 1. The van der Waals surface area contributed by atoms with E-state index in [0.717, 1.165) is 11.3 Å². The Labute approximate surface area is 157 Å². The Morgan fingerprint density at radius 2 is 1.93 bits per heavy atom. The van der Waals surface area contributed by atoms with Crippen molar-refractivity contribution in [1.29, 1.82) is 5.41 Å². The third-order valence-corrected chi connectivity index (χ3v) is 4.44. The number of benzene rings is 2. The van der Waals surface area contributed by atoms with Gasteiger partial charge in [0.15, 0.2) is 0 Å². The van der Waals surface area contributed by atoms with Crippen LogP contribution < -0.4 is 15.8 Å². The third-order valence-electron chi connectivity index (χ3n) is 4.44.